The number of nitrogens with zero attached hydrogens (tertiary/aromatic N) is 3. The first-order valence-electron chi connectivity index (χ1n) is 4.47. The number of nitrogens with one attached hydrogen (secondary N) is 1. The highest BCUT2D eigenvalue weighted by Gasteiger charge is 2.10. The Labute approximate surface area is 96.5 Å². The maximum atomic E-state index is 11.7. The third-order valence-electron chi connectivity index (χ3n) is 1.82. The van der Waals surface area contributed by atoms with E-state index in [0.717, 1.165) is 0 Å². The van der Waals surface area contributed by atoms with Crippen LogP contribution in [0, 0.1) is 0 Å². The van der Waals surface area contributed by atoms with Gasteiger partial charge in [0.1, 0.15) is 5.15 Å². The van der Waals surface area contributed by atoms with Crippen molar-refractivity contribution < 1.29 is 4.79 Å². The molecular formula is C10H7ClN4O. The van der Waals surface area contributed by atoms with Gasteiger partial charge in [-0.2, -0.15) is 5.10 Å². The average molecular weight is 235 g/mol. The van der Waals surface area contributed by atoms with Gasteiger partial charge in [0.05, 0.1) is 5.56 Å². The van der Waals surface area contributed by atoms with Crippen LogP contribution in [0.5, 0.6) is 0 Å². The standard InChI is InChI=1S/C10H7ClN4O/c11-9-7(3-1-5-12-9)10(16)14-8-4-2-6-13-15-8/h1-6H,(H,14,15,16). The molecular weight excluding hydrogens is 228 g/mol. The van der Waals surface area contributed by atoms with Gasteiger partial charge in [-0.25, -0.2) is 4.98 Å². The molecule has 0 saturated carbocycles. The molecule has 2 aromatic heterocycles. The highest BCUT2D eigenvalue weighted by atomic mass is 35.5. The number of carbonyl (C=O) groups is 1. The van der Waals surface area contributed by atoms with E-state index in [4.69, 9.17) is 11.6 Å². The minimum Gasteiger partial charge on any atom is -0.305 e. The first kappa shape index (κ1) is 10.5. The van der Waals surface area contributed by atoms with Crippen molar-refractivity contribution in [2.75, 3.05) is 5.32 Å². The number of hydrogen-bond donors (Lipinski definition) is 1. The second-order valence-corrected chi connectivity index (χ2v) is 3.26. The van der Waals surface area contributed by atoms with Gasteiger partial charge in [0.25, 0.3) is 5.91 Å². The topological polar surface area (TPSA) is 67.8 Å². The van der Waals surface area contributed by atoms with Crippen LogP contribution in [0.2, 0.25) is 5.15 Å². The molecule has 2 heterocycles. The smallest absolute Gasteiger partial charge is 0.259 e. The molecule has 0 radical (unpaired) electrons. The predicted octanol–water partition coefficient (Wildman–Crippen LogP) is 1.78. The van der Waals surface area contributed by atoms with Gasteiger partial charge in [-0.15, -0.1) is 5.10 Å². The largest absolute Gasteiger partial charge is 0.305 e. The minimum atomic E-state index is -0.362. The number of hydrogen-bond acceptors (Lipinski definition) is 4. The summed E-state index contributed by atoms with van der Waals surface area (Å²) in [7, 11) is 0. The van der Waals surface area contributed by atoms with Crippen LogP contribution in [-0.4, -0.2) is 21.1 Å². The van der Waals surface area contributed by atoms with Crippen molar-refractivity contribution in [1.82, 2.24) is 15.2 Å². The summed E-state index contributed by atoms with van der Waals surface area (Å²) in [6, 6.07) is 6.53. The molecule has 16 heavy (non-hydrogen) atoms. The quantitative estimate of drug-likeness (QED) is 0.805. The zero-order chi connectivity index (χ0) is 11.4. The third-order valence-corrected chi connectivity index (χ3v) is 2.12. The van der Waals surface area contributed by atoms with Gasteiger partial charge in [-0.1, -0.05) is 11.6 Å². The predicted molar refractivity (Wildman–Crippen MR) is 59.2 cm³/mol. The van der Waals surface area contributed by atoms with Gasteiger partial charge in [-0.3, -0.25) is 4.79 Å². The van der Waals surface area contributed by atoms with E-state index in [0.29, 0.717) is 11.4 Å². The molecule has 0 unspecified atom stereocenters. The zero-order valence-electron chi connectivity index (χ0n) is 8.09. The van der Waals surface area contributed by atoms with E-state index in [-0.39, 0.29) is 11.1 Å². The third kappa shape index (κ3) is 2.32. The Bertz CT molecular complexity index is 503. The fourth-order valence-corrected chi connectivity index (χ4v) is 1.31. The Hall–Kier alpha value is -2.01. The normalized spacial score (nSPS) is 9.81. The van der Waals surface area contributed by atoms with Crippen molar-refractivity contribution in [3.8, 4) is 0 Å². The Morgan fingerprint density at radius 3 is 2.75 bits per heavy atom. The molecule has 1 amide bonds. The summed E-state index contributed by atoms with van der Waals surface area (Å²) in [6.07, 6.45) is 3.04. The molecule has 0 fully saturated rings. The van der Waals surface area contributed by atoms with Crippen LogP contribution in [0.3, 0.4) is 0 Å². The molecule has 0 aliphatic carbocycles. The van der Waals surface area contributed by atoms with Crippen LogP contribution in [0.1, 0.15) is 10.4 Å². The van der Waals surface area contributed by atoms with Crippen molar-refractivity contribution in [1.29, 1.82) is 0 Å². The minimum absolute atomic E-state index is 0.156. The van der Waals surface area contributed by atoms with Gasteiger partial charge >= 0.3 is 0 Å². The molecule has 0 aliphatic heterocycles. The molecule has 5 nitrogen and oxygen atoms in total. The highest BCUT2D eigenvalue weighted by Crippen LogP contribution is 2.13. The van der Waals surface area contributed by atoms with Crippen molar-refractivity contribution in [2.24, 2.45) is 0 Å². The first-order valence-corrected chi connectivity index (χ1v) is 4.85. The molecule has 0 bridgehead atoms. The lowest BCUT2D eigenvalue weighted by Gasteiger charge is -2.03. The lowest BCUT2D eigenvalue weighted by molar-refractivity contribution is 0.102. The summed E-state index contributed by atoms with van der Waals surface area (Å²) in [5.41, 5.74) is 0.301. The van der Waals surface area contributed by atoms with E-state index in [9.17, 15) is 4.79 Å². The van der Waals surface area contributed by atoms with Gasteiger partial charge in [0.2, 0.25) is 0 Å². The summed E-state index contributed by atoms with van der Waals surface area (Å²) in [5.74, 6) is 0.00557. The summed E-state index contributed by atoms with van der Waals surface area (Å²) >= 11 is 5.78. The second kappa shape index (κ2) is 4.67. The Kier molecular flexibility index (Phi) is 3.07. The number of aromatic nitrogens is 3. The van der Waals surface area contributed by atoms with E-state index in [1.54, 1.807) is 24.3 Å². The number of anilines is 1. The van der Waals surface area contributed by atoms with Crippen LogP contribution in [0.4, 0.5) is 5.82 Å². The number of amides is 1. The van der Waals surface area contributed by atoms with Crippen LogP contribution < -0.4 is 5.32 Å². The molecule has 0 aromatic carbocycles. The van der Waals surface area contributed by atoms with Gasteiger partial charge in [0, 0.05) is 12.4 Å². The van der Waals surface area contributed by atoms with Crippen LogP contribution >= 0.6 is 11.6 Å². The van der Waals surface area contributed by atoms with Crippen molar-refractivity contribution >= 4 is 23.3 Å². The molecule has 1 N–H and O–H groups in total. The summed E-state index contributed by atoms with van der Waals surface area (Å²) < 4.78 is 0. The first-order chi connectivity index (χ1) is 7.77. The molecule has 0 atom stereocenters. The van der Waals surface area contributed by atoms with E-state index in [1.165, 1.54) is 12.4 Å². The fraction of sp³-hybridized carbons (Fsp3) is 0. The van der Waals surface area contributed by atoms with E-state index in [2.05, 4.69) is 20.5 Å². The maximum absolute atomic E-state index is 11.7. The fourth-order valence-electron chi connectivity index (χ4n) is 1.11. The van der Waals surface area contributed by atoms with Crippen molar-refractivity contribution in [2.45, 2.75) is 0 Å². The van der Waals surface area contributed by atoms with Gasteiger partial charge in [0.15, 0.2) is 5.82 Å². The van der Waals surface area contributed by atoms with E-state index >= 15 is 0 Å². The van der Waals surface area contributed by atoms with Gasteiger partial charge < -0.3 is 5.32 Å². The zero-order valence-corrected chi connectivity index (χ0v) is 8.85. The molecule has 6 heteroatoms. The molecule has 2 aromatic rings. The maximum Gasteiger partial charge on any atom is 0.259 e. The Morgan fingerprint density at radius 1 is 1.25 bits per heavy atom. The number of pyridine rings is 1. The summed E-state index contributed by atoms with van der Waals surface area (Å²) in [4.78, 5) is 15.5. The monoisotopic (exact) mass is 234 g/mol. The van der Waals surface area contributed by atoms with Crippen LogP contribution in [-0.2, 0) is 0 Å². The number of rotatable bonds is 2. The SMILES string of the molecule is O=C(Nc1cccnn1)c1cccnc1Cl. The summed E-state index contributed by atoms with van der Waals surface area (Å²) in [5, 5.41) is 10.1. The highest BCUT2D eigenvalue weighted by molar-refractivity contribution is 6.33. The average Bonchev–Trinajstić information content (AvgIpc) is 2.31. The van der Waals surface area contributed by atoms with Crippen LogP contribution in [0.25, 0.3) is 0 Å². The van der Waals surface area contributed by atoms with E-state index < -0.39 is 0 Å². The lowest BCUT2D eigenvalue weighted by Crippen LogP contribution is -2.14. The second-order valence-electron chi connectivity index (χ2n) is 2.90. The molecule has 2 rings (SSSR count). The summed E-state index contributed by atoms with van der Waals surface area (Å²) in [6.45, 7) is 0. The van der Waals surface area contributed by atoms with Gasteiger partial charge in [-0.05, 0) is 24.3 Å². The Balaban J connectivity index is 2.19. The van der Waals surface area contributed by atoms with E-state index in [1.807, 2.05) is 0 Å². The molecule has 0 spiro atoms. The molecule has 0 saturated heterocycles. The number of halogens is 1. The van der Waals surface area contributed by atoms with Crippen molar-refractivity contribution in [3.05, 3.63) is 47.4 Å². The number of carbonyl (C=O) groups excluding carboxylic acids is 1. The Morgan fingerprint density at radius 2 is 2.06 bits per heavy atom. The van der Waals surface area contributed by atoms with Crippen LogP contribution in [0.15, 0.2) is 36.7 Å². The van der Waals surface area contributed by atoms with Crippen molar-refractivity contribution in [3.63, 3.8) is 0 Å². The lowest BCUT2D eigenvalue weighted by atomic mass is 10.2. The molecule has 0 aliphatic rings. The molecule has 80 valence electrons.